The zero-order chi connectivity index (χ0) is 22.7. The third kappa shape index (κ3) is 4.64. The number of hydrogen-bond donors (Lipinski definition) is 0. The molecule has 0 atom stereocenters. The van der Waals surface area contributed by atoms with E-state index in [9.17, 15) is 9.59 Å². The Morgan fingerprint density at radius 3 is 2.47 bits per heavy atom. The van der Waals surface area contributed by atoms with Crippen LogP contribution in [0.15, 0.2) is 30.6 Å². The van der Waals surface area contributed by atoms with Crippen LogP contribution in [0.5, 0.6) is 0 Å². The minimum atomic E-state index is -0.0725. The molecule has 1 fully saturated rings. The zero-order valence-electron chi connectivity index (χ0n) is 19.0. The Kier molecular flexibility index (Phi) is 6.48. The molecule has 1 aliphatic heterocycles. The summed E-state index contributed by atoms with van der Waals surface area (Å²) in [7, 11) is 0. The minimum absolute atomic E-state index is 0.0108. The van der Waals surface area contributed by atoms with Gasteiger partial charge in [0.15, 0.2) is 0 Å². The molecular formula is C24H30N6O2. The standard InChI is InChI=1S/C24H30N6O2/c1-17-7-9-20(10-8-17)29(15-23(32)28-13-5-4-6-14-28)22(31)12-11-21-18(2)27-24-25-16-26-30(24)19(21)3/h7-10,16H,4-6,11-15H2,1-3H3. The van der Waals surface area contributed by atoms with Crippen molar-refractivity contribution in [1.82, 2.24) is 24.5 Å². The number of aryl methyl sites for hydroxylation is 3. The van der Waals surface area contributed by atoms with Crippen LogP contribution in [0, 0.1) is 20.8 Å². The molecule has 0 bridgehead atoms. The first-order chi connectivity index (χ1) is 15.4. The highest BCUT2D eigenvalue weighted by Crippen LogP contribution is 2.20. The Labute approximate surface area is 188 Å². The largest absolute Gasteiger partial charge is 0.341 e. The van der Waals surface area contributed by atoms with Crippen molar-refractivity contribution < 1.29 is 9.59 Å². The molecule has 1 saturated heterocycles. The lowest BCUT2D eigenvalue weighted by Crippen LogP contribution is -2.45. The van der Waals surface area contributed by atoms with Gasteiger partial charge in [0, 0.05) is 36.6 Å². The molecule has 2 amide bonds. The normalized spacial score (nSPS) is 14.0. The van der Waals surface area contributed by atoms with Crippen molar-refractivity contribution in [3.8, 4) is 0 Å². The topological polar surface area (TPSA) is 83.7 Å². The van der Waals surface area contributed by atoms with E-state index < -0.39 is 0 Å². The average molecular weight is 435 g/mol. The second-order valence-electron chi connectivity index (χ2n) is 8.49. The number of aromatic nitrogens is 4. The molecule has 3 heterocycles. The van der Waals surface area contributed by atoms with E-state index in [0.29, 0.717) is 12.2 Å². The van der Waals surface area contributed by atoms with Gasteiger partial charge < -0.3 is 9.80 Å². The number of carbonyl (C=O) groups is 2. The maximum atomic E-state index is 13.4. The van der Waals surface area contributed by atoms with Gasteiger partial charge >= 0.3 is 0 Å². The van der Waals surface area contributed by atoms with E-state index in [-0.39, 0.29) is 24.8 Å². The van der Waals surface area contributed by atoms with Crippen LogP contribution in [0.1, 0.15) is 48.2 Å². The molecule has 32 heavy (non-hydrogen) atoms. The van der Waals surface area contributed by atoms with Crippen molar-refractivity contribution in [3.05, 3.63) is 53.1 Å². The molecule has 0 N–H and O–H groups in total. The molecule has 168 valence electrons. The molecule has 0 aliphatic carbocycles. The number of piperidine rings is 1. The molecule has 8 heteroatoms. The molecule has 1 aromatic carbocycles. The summed E-state index contributed by atoms with van der Waals surface area (Å²) in [5.41, 5.74) is 4.64. The highest BCUT2D eigenvalue weighted by atomic mass is 16.2. The molecule has 0 saturated carbocycles. The molecule has 0 radical (unpaired) electrons. The summed E-state index contributed by atoms with van der Waals surface area (Å²) >= 11 is 0. The predicted molar refractivity (Wildman–Crippen MR) is 123 cm³/mol. The van der Waals surface area contributed by atoms with Gasteiger partial charge in [-0.25, -0.2) is 9.50 Å². The minimum Gasteiger partial charge on any atom is -0.341 e. The van der Waals surface area contributed by atoms with Crippen LogP contribution in [-0.2, 0) is 16.0 Å². The van der Waals surface area contributed by atoms with Crippen molar-refractivity contribution in [2.24, 2.45) is 0 Å². The molecule has 0 unspecified atom stereocenters. The fourth-order valence-electron chi connectivity index (χ4n) is 4.31. The molecular weight excluding hydrogens is 404 g/mol. The Morgan fingerprint density at radius 1 is 1.03 bits per heavy atom. The molecule has 1 aliphatic rings. The fourth-order valence-corrected chi connectivity index (χ4v) is 4.31. The summed E-state index contributed by atoms with van der Waals surface area (Å²) in [5, 5.41) is 4.23. The van der Waals surface area contributed by atoms with Gasteiger partial charge in [-0.05, 0) is 64.2 Å². The zero-order valence-corrected chi connectivity index (χ0v) is 19.0. The van der Waals surface area contributed by atoms with Gasteiger partial charge in [-0.1, -0.05) is 17.7 Å². The monoisotopic (exact) mass is 434 g/mol. The Hall–Kier alpha value is -3.29. The van der Waals surface area contributed by atoms with Crippen molar-refractivity contribution in [3.63, 3.8) is 0 Å². The highest BCUT2D eigenvalue weighted by molar-refractivity contribution is 5.98. The van der Waals surface area contributed by atoms with Gasteiger partial charge in [-0.15, -0.1) is 0 Å². The van der Waals surface area contributed by atoms with Gasteiger partial charge in [-0.3, -0.25) is 9.59 Å². The number of hydrogen-bond acceptors (Lipinski definition) is 5. The van der Waals surface area contributed by atoms with E-state index in [0.717, 1.165) is 60.6 Å². The average Bonchev–Trinajstić information content (AvgIpc) is 3.27. The first kappa shape index (κ1) is 21.9. The van der Waals surface area contributed by atoms with Gasteiger partial charge in [0.2, 0.25) is 11.8 Å². The fraction of sp³-hybridized carbons (Fsp3) is 0.458. The van der Waals surface area contributed by atoms with Crippen LogP contribution in [0.3, 0.4) is 0 Å². The van der Waals surface area contributed by atoms with Crippen molar-refractivity contribution in [2.75, 3.05) is 24.5 Å². The maximum absolute atomic E-state index is 13.4. The molecule has 8 nitrogen and oxygen atoms in total. The van der Waals surface area contributed by atoms with Crippen LogP contribution in [0.4, 0.5) is 5.69 Å². The molecule has 0 spiro atoms. The van der Waals surface area contributed by atoms with E-state index >= 15 is 0 Å². The molecule has 3 aromatic rings. The Balaban J connectivity index is 1.53. The van der Waals surface area contributed by atoms with Crippen molar-refractivity contribution in [1.29, 1.82) is 0 Å². The molecule has 4 rings (SSSR count). The third-order valence-electron chi connectivity index (χ3n) is 6.23. The van der Waals surface area contributed by atoms with E-state index in [4.69, 9.17) is 0 Å². The second kappa shape index (κ2) is 9.46. The number of likely N-dealkylation sites (tertiary alicyclic amines) is 1. The predicted octanol–water partition coefficient (Wildman–Crippen LogP) is 3.03. The van der Waals surface area contributed by atoms with Crippen LogP contribution >= 0.6 is 0 Å². The highest BCUT2D eigenvalue weighted by Gasteiger charge is 2.24. The SMILES string of the molecule is Cc1ccc(N(CC(=O)N2CCCCC2)C(=O)CCc2c(C)nc3ncnn3c2C)cc1. The number of rotatable bonds is 6. The number of benzene rings is 1. The van der Waals surface area contributed by atoms with E-state index in [1.165, 1.54) is 6.33 Å². The summed E-state index contributed by atoms with van der Waals surface area (Å²) in [6.45, 7) is 7.52. The van der Waals surface area contributed by atoms with E-state index in [1.807, 2.05) is 49.9 Å². The number of amides is 2. The Morgan fingerprint density at radius 2 is 1.75 bits per heavy atom. The number of anilines is 1. The Bertz CT molecular complexity index is 1120. The number of fused-ring (bicyclic) bond motifs is 1. The van der Waals surface area contributed by atoms with Crippen LogP contribution < -0.4 is 4.90 Å². The van der Waals surface area contributed by atoms with Crippen LogP contribution in [0.2, 0.25) is 0 Å². The smallest absolute Gasteiger partial charge is 0.252 e. The van der Waals surface area contributed by atoms with Crippen LogP contribution in [-0.4, -0.2) is 55.9 Å². The first-order valence-corrected chi connectivity index (χ1v) is 11.2. The number of nitrogens with zero attached hydrogens (tertiary/aromatic N) is 6. The number of carbonyl (C=O) groups excluding carboxylic acids is 2. The van der Waals surface area contributed by atoms with E-state index in [2.05, 4.69) is 15.1 Å². The van der Waals surface area contributed by atoms with Gasteiger partial charge in [0.25, 0.3) is 5.78 Å². The van der Waals surface area contributed by atoms with Crippen LogP contribution in [0.25, 0.3) is 5.78 Å². The van der Waals surface area contributed by atoms with Crippen molar-refractivity contribution >= 4 is 23.3 Å². The summed E-state index contributed by atoms with van der Waals surface area (Å²) < 4.78 is 1.70. The lowest BCUT2D eigenvalue weighted by atomic mass is 10.1. The quantitative estimate of drug-likeness (QED) is 0.595. The molecule has 2 aromatic heterocycles. The maximum Gasteiger partial charge on any atom is 0.252 e. The summed E-state index contributed by atoms with van der Waals surface area (Å²) in [6, 6.07) is 7.77. The summed E-state index contributed by atoms with van der Waals surface area (Å²) in [6.07, 6.45) is 5.51. The lowest BCUT2D eigenvalue weighted by molar-refractivity contribution is -0.132. The summed E-state index contributed by atoms with van der Waals surface area (Å²) in [5.74, 6) is 0.497. The third-order valence-corrected chi connectivity index (χ3v) is 6.23. The first-order valence-electron chi connectivity index (χ1n) is 11.2. The van der Waals surface area contributed by atoms with Gasteiger partial charge in [0.1, 0.15) is 12.9 Å². The lowest BCUT2D eigenvalue weighted by Gasteiger charge is -2.30. The second-order valence-corrected chi connectivity index (χ2v) is 8.49. The summed E-state index contributed by atoms with van der Waals surface area (Å²) in [4.78, 5) is 38.5. The van der Waals surface area contributed by atoms with Gasteiger partial charge in [0.05, 0.1) is 0 Å². The van der Waals surface area contributed by atoms with Crippen molar-refractivity contribution in [2.45, 2.75) is 52.9 Å². The van der Waals surface area contributed by atoms with E-state index in [1.54, 1.807) is 9.42 Å². The van der Waals surface area contributed by atoms with Gasteiger partial charge in [-0.2, -0.15) is 10.1 Å².